The second-order valence-corrected chi connectivity index (χ2v) is 6.94. The SMILES string of the molecule is CCCCCCN(Cc1ccccc1)Cc1ccc2ccccc2c1. The molecule has 130 valence electrons. The Morgan fingerprint density at radius 2 is 1.36 bits per heavy atom. The van der Waals surface area contributed by atoms with Gasteiger partial charge in [-0.1, -0.05) is 92.9 Å². The summed E-state index contributed by atoms with van der Waals surface area (Å²) in [5.41, 5.74) is 2.81. The minimum atomic E-state index is 1.02. The van der Waals surface area contributed by atoms with Crippen molar-refractivity contribution in [3.63, 3.8) is 0 Å². The monoisotopic (exact) mass is 331 g/mol. The molecule has 0 heterocycles. The number of hydrogen-bond acceptors (Lipinski definition) is 1. The van der Waals surface area contributed by atoms with Gasteiger partial charge in [0.15, 0.2) is 0 Å². The molecule has 0 spiro atoms. The van der Waals surface area contributed by atoms with Crippen LogP contribution in [0.3, 0.4) is 0 Å². The third-order valence-corrected chi connectivity index (χ3v) is 4.80. The maximum absolute atomic E-state index is 2.59. The van der Waals surface area contributed by atoms with Gasteiger partial charge in [-0.3, -0.25) is 4.90 Å². The number of unbranched alkanes of at least 4 members (excludes halogenated alkanes) is 3. The van der Waals surface area contributed by atoms with E-state index in [0.29, 0.717) is 0 Å². The van der Waals surface area contributed by atoms with Crippen molar-refractivity contribution in [2.45, 2.75) is 45.7 Å². The molecule has 0 aromatic heterocycles. The maximum Gasteiger partial charge on any atom is 0.0237 e. The first kappa shape index (κ1) is 17.7. The van der Waals surface area contributed by atoms with Crippen molar-refractivity contribution in [1.29, 1.82) is 0 Å². The van der Waals surface area contributed by atoms with Gasteiger partial charge in [0.2, 0.25) is 0 Å². The van der Waals surface area contributed by atoms with E-state index in [9.17, 15) is 0 Å². The number of fused-ring (bicyclic) bond motifs is 1. The van der Waals surface area contributed by atoms with Crippen molar-refractivity contribution in [2.24, 2.45) is 0 Å². The van der Waals surface area contributed by atoms with E-state index in [1.165, 1.54) is 54.1 Å². The molecular formula is C24H29N. The lowest BCUT2D eigenvalue weighted by molar-refractivity contribution is 0.250. The normalized spacial score (nSPS) is 11.3. The number of rotatable bonds is 9. The topological polar surface area (TPSA) is 3.24 Å². The van der Waals surface area contributed by atoms with Crippen molar-refractivity contribution >= 4 is 10.8 Å². The van der Waals surface area contributed by atoms with E-state index < -0.39 is 0 Å². The molecule has 0 amide bonds. The molecule has 0 aliphatic rings. The van der Waals surface area contributed by atoms with Crippen LogP contribution in [0.2, 0.25) is 0 Å². The summed E-state index contributed by atoms with van der Waals surface area (Å²) in [7, 11) is 0. The first-order chi connectivity index (χ1) is 12.3. The first-order valence-corrected chi connectivity index (χ1v) is 9.59. The molecule has 3 aromatic carbocycles. The van der Waals surface area contributed by atoms with Crippen molar-refractivity contribution < 1.29 is 0 Å². The van der Waals surface area contributed by atoms with Gasteiger partial charge in [-0.05, 0) is 40.9 Å². The molecule has 0 aliphatic heterocycles. The molecule has 1 heteroatoms. The van der Waals surface area contributed by atoms with Gasteiger partial charge < -0.3 is 0 Å². The summed E-state index contributed by atoms with van der Waals surface area (Å²) < 4.78 is 0. The fourth-order valence-corrected chi connectivity index (χ4v) is 3.41. The van der Waals surface area contributed by atoms with Crippen LogP contribution in [-0.4, -0.2) is 11.4 Å². The van der Waals surface area contributed by atoms with Crippen molar-refractivity contribution in [1.82, 2.24) is 4.90 Å². The van der Waals surface area contributed by atoms with Crippen molar-refractivity contribution in [2.75, 3.05) is 6.54 Å². The molecule has 3 aromatic rings. The van der Waals surface area contributed by atoms with Gasteiger partial charge in [-0.25, -0.2) is 0 Å². The molecule has 0 aliphatic carbocycles. The molecule has 0 bridgehead atoms. The van der Waals surface area contributed by atoms with Crippen LogP contribution in [0.1, 0.15) is 43.7 Å². The molecule has 1 nitrogen and oxygen atoms in total. The average molecular weight is 332 g/mol. The van der Waals surface area contributed by atoms with Crippen LogP contribution in [0.4, 0.5) is 0 Å². The summed E-state index contributed by atoms with van der Waals surface area (Å²) in [6, 6.07) is 26.4. The van der Waals surface area contributed by atoms with E-state index in [-0.39, 0.29) is 0 Å². The third kappa shape index (κ3) is 5.44. The van der Waals surface area contributed by atoms with Crippen molar-refractivity contribution in [3.8, 4) is 0 Å². The quantitative estimate of drug-likeness (QED) is 0.409. The Morgan fingerprint density at radius 1 is 0.640 bits per heavy atom. The molecule has 0 saturated carbocycles. The molecule has 0 atom stereocenters. The second-order valence-electron chi connectivity index (χ2n) is 6.94. The lowest BCUT2D eigenvalue weighted by atomic mass is 10.1. The van der Waals surface area contributed by atoms with Gasteiger partial charge in [0.25, 0.3) is 0 Å². The Kier molecular flexibility index (Phi) is 6.64. The van der Waals surface area contributed by atoms with E-state index >= 15 is 0 Å². The summed E-state index contributed by atoms with van der Waals surface area (Å²) in [4.78, 5) is 2.59. The highest BCUT2D eigenvalue weighted by molar-refractivity contribution is 5.82. The van der Waals surface area contributed by atoms with Gasteiger partial charge in [0.05, 0.1) is 0 Å². The summed E-state index contributed by atoms with van der Waals surface area (Å²) in [5.74, 6) is 0. The van der Waals surface area contributed by atoms with E-state index in [4.69, 9.17) is 0 Å². The standard InChI is InChI=1S/C24H29N/c1-2-3-4-10-17-25(19-21-11-6-5-7-12-21)20-22-15-16-23-13-8-9-14-24(23)18-22/h5-9,11-16,18H,2-4,10,17,19-20H2,1H3. The summed E-state index contributed by atoms with van der Waals surface area (Å²) in [6.45, 7) is 5.49. The van der Waals surface area contributed by atoms with E-state index in [2.05, 4.69) is 84.6 Å². The van der Waals surface area contributed by atoms with Crippen LogP contribution in [0.25, 0.3) is 10.8 Å². The zero-order chi connectivity index (χ0) is 17.3. The fourth-order valence-electron chi connectivity index (χ4n) is 3.41. The highest BCUT2D eigenvalue weighted by Gasteiger charge is 2.08. The van der Waals surface area contributed by atoms with Crippen molar-refractivity contribution in [3.05, 3.63) is 83.9 Å². The van der Waals surface area contributed by atoms with Crippen LogP contribution in [0, 0.1) is 0 Å². The summed E-state index contributed by atoms with van der Waals surface area (Å²) >= 11 is 0. The van der Waals surface area contributed by atoms with Gasteiger partial charge in [-0.2, -0.15) is 0 Å². The molecule has 0 saturated heterocycles. The zero-order valence-electron chi connectivity index (χ0n) is 15.3. The Labute approximate surface area is 152 Å². The Bertz CT molecular complexity index is 763. The van der Waals surface area contributed by atoms with Crippen LogP contribution in [0.5, 0.6) is 0 Å². The molecule has 0 fully saturated rings. The smallest absolute Gasteiger partial charge is 0.0237 e. The average Bonchev–Trinajstić information content (AvgIpc) is 2.66. The molecule has 25 heavy (non-hydrogen) atoms. The van der Waals surface area contributed by atoms with Gasteiger partial charge in [0, 0.05) is 13.1 Å². The molecule has 3 rings (SSSR count). The predicted molar refractivity (Wildman–Crippen MR) is 109 cm³/mol. The number of hydrogen-bond donors (Lipinski definition) is 0. The predicted octanol–water partition coefficient (Wildman–Crippen LogP) is 6.42. The van der Waals surface area contributed by atoms with E-state index in [1.54, 1.807) is 0 Å². The number of nitrogens with zero attached hydrogens (tertiary/aromatic N) is 1. The maximum atomic E-state index is 2.59. The van der Waals surface area contributed by atoms with Crippen LogP contribution < -0.4 is 0 Å². The lowest BCUT2D eigenvalue weighted by Crippen LogP contribution is -2.24. The lowest BCUT2D eigenvalue weighted by Gasteiger charge is -2.23. The molecule has 0 unspecified atom stereocenters. The van der Waals surface area contributed by atoms with Gasteiger partial charge in [-0.15, -0.1) is 0 Å². The largest absolute Gasteiger partial charge is 0.295 e. The Morgan fingerprint density at radius 3 is 2.16 bits per heavy atom. The first-order valence-electron chi connectivity index (χ1n) is 9.59. The Hall–Kier alpha value is -2.12. The van der Waals surface area contributed by atoms with Gasteiger partial charge in [0.1, 0.15) is 0 Å². The van der Waals surface area contributed by atoms with Gasteiger partial charge >= 0.3 is 0 Å². The summed E-state index contributed by atoms with van der Waals surface area (Å²) in [6.07, 6.45) is 5.26. The minimum Gasteiger partial charge on any atom is -0.295 e. The van der Waals surface area contributed by atoms with Crippen LogP contribution >= 0.6 is 0 Å². The molecule has 0 radical (unpaired) electrons. The fraction of sp³-hybridized carbons (Fsp3) is 0.333. The summed E-state index contributed by atoms with van der Waals surface area (Å²) in [5, 5.41) is 2.66. The van der Waals surface area contributed by atoms with Crippen LogP contribution in [0.15, 0.2) is 72.8 Å². The molecular weight excluding hydrogens is 302 g/mol. The third-order valence-electron chi connectivity index (χ3n) is 4.80. The second kappa shape index (κ2) is 9.39. The highest BCUT2D eigenvalue weighted by Crippen LogP contribution is 2.18. The zero-order valence-corrected chi connectivity index (χ0v) is 15.3. The molecule has 0 N–H and O–H groups in total. The number of benzene rings is 3. The van der Waals surface area contributed by atoms with E-state index in [1.807, 2.05) is 0 Å². The van der Waals surface area contributed by atoms with Crippen LogP contribution in [-0.2, 0) is 13.1 Å². The van der Waals surface area contributed by atoms with E-state index in [0.717, 1.165) is 13.1 Å². The highest BCUT2D eigenvalue weighted by atomic mass is 15.1. The Balaban J connectivity index is 1.70. The minimum absolute atomic E-state index is 1.02.